The van der Waals surface area contributed by atoms with E-state index < -0.39 is 0 Å². The van der Waals surface area contributed by atoms with Crippen LogP contribution in [0.3, 0.4) is 0 Å². The van der Waals surface area contributed by atoms with Gasteiger partial charge in [-0.15, -0.1) is 10.2 Å². The van der Waals surface area contributed by atoms with Gasteiger partial charge in [0.25, 0.3) is 0 Å². The van der Waals surface area contributed by atoms with Crippen LogP contribution in [0.2, 0.25) is 0 Å². The largest absolute Gasteiger partial charge is 0.423 e. The zero-order chi connectivity index (χ0) is 14.8. The Morgan fingerprint density at radius 1 is 1.38 bits per heavy atom. The van der Waals surface area contributed by atoms with E-state index in [1.165, 1.54) is 6.20 Å². The molecule has 0 spiro atoms. The van der Waals surface area contributed by atoms with Gasteiger partial charge in [0.15, 0.2) is 0 Å². The minimum Gasteiger partial charge on any atom is -0.423 e. The van der Waals surface area contributed by atoms with E-state index in [0.717, 1.165) is 6.54 Å². The van der Waals surface area contributed by atoms with E-state index in [0.29, 0.717) is 30.4 Å². The molecule has 21 heavy (non-hydrogen) atoms. The molecule has 1 saturated heterocycles. The Morgan fingerprint density at radius 3 is 2.95 bits per heavy atom. The second-order valence-electron chi connectivity index (χ2n) is 5.26. The van der Waals surface area contributed by atoms with Gasteiger partial charge in [0.1, 0.15) is 11.9 Å². The van der Waals surface area contributed by atoms with E-state index in [9.17, 15) is 4.39 Å². The van der Waals surface area contributed by atoms with Gasteiger partial charge in [0.05, 0.1) is 12.3 Å². The van der Waals surface area contributed by atoms with Crippen LogP contribution in [0, 0.1) is 12.7 Å². The average molecular weight is 292 g/mol. The molecular weight excluding hydrogens is 275 g/mol. The SMILES string of the molecule is Cc1nnc([C@H]2CN(Cc3ccncc3F)C[C@@H](C)O2)o1. The van der Waals surface area contributed by atoms with Gasteiger partial charge in [-0.3, -0.25) is 9.88 Å². The monoisotopic (exact) mass is 292 g/mol. The van der Waals surface area contributed by atoms with Crippen molar-refractivity contribution in [3.63, 3.8) is 0 Å². The number of ether oxygens (including phenoxy) is 1. The highest BCUT2D eigenvalue weighted by molar-refractivity contribution is 5.12. The fourth-order valence-electron chi connectivity index (χ4n) is 2.52. The number of halogens is 1. The number of rotatable bonds is 3. The maximum atomic E-state index is 13.7. The second-order valence-corrected chi connectivity index (χ2v) is 5.26. The average Bonchev–Trinajstić information content (AvgIpc) is 2.88. The van der Waals surface area contributed by atoms with Crippen LogP contribution in [0.1, 0.15) is 30.4 Å². The first-order chi connectivity index (χ1) is 10.1. The summed E-state index contributed by atoms with van der Waals surface area (Å²) in [7, 11) is 0. The van der Waals surface area contributed by atoms with Crippen LogP contribution >= 0.6 is 0 Å². The molecule has 0 bridgehead atoms. The van der Waals surface area contributed by atoms with Crippen molar-refractivity contribution in [1.29, 1.82) is 0 Å². The molecule has 0 unspecified atom stereocenters. The van der Waals surface area contributed by atoms with Crippen molar-refractivity contribution in [1.82, 2.24) is 20.1 Å². The molecule has 0 radical (unpaired) electrons. The van der Waals surface area contributed by atoms with Crippen LogP contribution in [0.5, 0.6) is 0 Å². The fraction of sp³-hybridized carbons (Fsp3) is 0.500. The molecule has 2 aromatic heterocycles. The quantitative estimate of drug-likeness (QED) is 0.860. The number of aryl methyl sites for hydroxylation is 1. The van der Waals surface area contributed by atoms with Gasteiger partial charge in [0.2, 0.25) is 11.8 Å². The lowest BCUT2D eigenvalue weighted by molar-refractivity contribution is -0.0919. The van der Waals surface area contributed by atoms with Crippen LogP contribution < -0.4 is 0 Å². The third-order valence-electron chi connectivity index (χ3n) is 3.40. The van der Waals surface area contributed by atoms with Crippen LogP contribution in [0.25, 0.3) is 0 Å². The molecule has 2 aromatic rings. The van der Waals surface area contributed by atoms with E-state index in [4.69, 9.17) is 9.15 Å². The van der Waals surface area contributed by atoms with Gasteiger partial charge in [-0.2, -0.15) is 0 Å². The molecule has 0 saturated carbocycles. The van der Waals surface area contributed by atoms with Crippen molar-refractivity contribution in [3.8, 4) is 0 Å². The molecule has 1 aliphatic heterocycles. The van der Waals surface area contributed by atoms with Crippen LogP contribution in [0.15, 0.2) is 22.9 Å². The minimum absolute atomic E-state index is 0.0147. The molecular formula is C14H17FN4O2. The Kier molecular flexibility index (Phi) is 3.94. The maximum absolute atomic E-state index is 13.7. The van der Waals surface area contributed by atoms with E-state index >= 15 is 0 Å². The van der Waals surface area contributed by atoms with Gasteiger partial charge in [-0.1, -0.05) is 0 Å². The second kappa shape index (κ2) is 5.87. The summed E-state index contributed by atoms with van der Waals surface area (Å²) in [5, 5.41) is 7.84. The number of hydrogen-bond donors (Lipinski definition) is 0. The number of aromatic nitrogens is 3. The summed E-state index contributed by atoms with van der Waals surface area (Å²) in [4.78, 5) is 5.89. The normalized spacial score (nSPS) is 23.4. The highest BCUT2D eigenvalue weighted by atomic mass is 19.1. The first-order valence-electron chi connectivity index (χ1n) is 6.88. The van der Waals surface area contributed by atoms with Gasteiger partial charge in [-0.25, -0.2) is 4.39 Å². The lowest BCUT2D eigenvalue weighted by Gasteiger charge is -2.35. The molecule has 0 aromatic carbocycles. The molecule has 0 amide bonds. The predicted octanol–water partition coefficient (Wildman–Crippen LogP) is 1.87. The first-order valence-corrected chi connectivity index (χ1v) is 6.88. The number of nitrogens with zero attached hydrogens (tertiary/aromatic N) is 4. The molecule has 112 valence electrons. The van der Waals surface area contributed by atoms with E-state index in [1.54, 1.807) is 19.2 Å². The highest BCUT2D eigenvalue weighted by Gasteiger charge is 2.30. The van der Waals surface area contributed by atoms with Crippen LogP contribution in [-0.4, -0.2) is 39.3 Å². The Morgan fingerprint density at radius 2 is 2.24 bits per heavy atom. The third kappa shape index (κ3) is 3.25. The molecule has 6 nitrogen and oxygen atoms in total. The number of morpholine rings is 1. The molecule has 2 atom stereocenters. The van der Waals surface area contributed by atoms with Gasteiger partial charge in [-0.05, 0) is 13.0 Å². The highest BCUT2D eigenvalue weighted by Crippen LogP contribution is 2.25. The van der Waals surface area contributed by atoms with Crippen molar-refractivity contribution in [2.24, 2.45) is 0 Å². The molecule has 0 aliphatic carbocycles. The maximum Gasteiger partial charge on any atom is 0.246 e. The summed E-state index contributed by atoms with van der Waals surface area (Å²) in [6, 6.07) is 1.70. The summed E-state index contributed by atoms with van der Waals surface area (Å²) in [5.74, 6) is 0.694. The first kappa shape index (κ1) is 14.1. The molecule has 0 N–H and O–H groups in total. The molecule has 1 aliphatic rings. The Bertz CT molecular complexity index is 619. The fourth-order valence-corrected chi connectivity index (χ4v) is 2.52. The minimum atomic E-state index is -0.290. The topological polar surface area (TPSA) is 64.3 Å². The van der Waals surface area contributed by atoms with E-state index in [-0.39, 0.29) is 18.0 Å². The zero-order valence-corrected chi connectivity index (χ0v) is 12.0. The van der Waals surface area contributed by atoms with Crippen molar-refractivity contribution in [2.45, 2.75) is 32.6 Å². The van der Waals surface area contributed by atoms with Crippen molar-refractivity contribution >= 4 is 0 Å². The van der Waals surface area contributed by atoms with Gasteiger partial charge >= 0.3 is 0 Å². The van der Waals surface area contributed by atoms with Crippen molar-refractivity contribution in [2.75, 3.05) is 13.1 Å². The summed E-state index contributed by atoms with van der Waals surface area (Å²) in [6.07, 6.45) is 2.57. The summed E-state index contributed by atoms with van der Waals surface area (Å²) in [6.45, 7) is 5.54. The summed E-state index contributed by atoms with van der Waals surface area (Å²) >= 11 is 0. The smallest absolute Gasteiger partial charge is 0.246 e. The number of hydrogen-bond acceptors (Lipinski definition) is 6. The van der Waals surface area contributed by atoms with E-state index in [2.05, 4.69) is 20.1 Å². The van der Waals surface area contributed by atoms with Crippen molar-refractivity contribution < 1.29 is 13.5 Å². The van der Waals surface area contributed by atoms with Crippen molar-refractivity contribution in [3.05, 3.63) is 41.6 Å². The molecule has 1 fully saturated rings. The predicted molar refractivity (Wildman–Crippen MR) is 71.8 cm³/mol. The lowest BCUT2D eigenvalue weighted by Crippen LogP contribution is -2.42. The molecule has 3 rings (SSSR count). The van der Waals surface area contributed by atoms with Gasteiger partial charge < -0.3 is 9.15 Å². The van der Waals surface area contributed by atoms with Crippen LogP contribution in [-0.2, 0) is 11.3 Å². The van der Waals surface area contributed by atoms with Gasteiger partial charge in [0, 0.05) is 38.3 Å². The standard InChI is InChI=1S/C14H17FN4O2/c1-9-6-19(7-11-3-4-16-5-12(11)15)8-13(20-9)14-18-17-10(2)21-14/h3-5,9,13H,6-8H2,1-2H3/t9-,13-/m1/s1. The lowest BCUT2D eigenvalue weighted by atomic mass is 10.1. The Balaban J connectivity index is 1.73. The molecule has 7 heteroatoms. The molecule has 3 heterocycles. The summed E-state index contributed by atoms with van der Waals surface area (Å²) in [5.41, 5.74) is 0.625. The van der Waals surface area contributed by atoms with Crippen LogP contribution in [0.4, 0.5) is 4.39 Å². The Hall–Kier alpha value is -1.86. The third-order valence-corrected chi connectivity index (χ3v) is 3.40. The van der Waals surface area contributed by atoms with E-state index in [1.807, 2.05) is 6.92 Å². The Labute approximate surface area is 121 Å². The number of pyridine rings is 1. The summed E-state index contributed by atoms with van der Waals surface area (Å²) < 4.78 is 25.0. The zero-order valence-electron chi connectivity index (χ0n) is 12.0.